The number of H-pyrrole nitrogens is 1. The molecule has 4 aromatic rings. The number of imide groups is 1. The number of amides is 3. The van der Waals surface area contributed by atoms with Gasteiger partial charge in [-0.2, -0.15) is 5.10 Å². The van der Waals surface area contributed by atoms with Crippen molar-refractivity contribution in [3.8, 4) is 17.1 Å². The van der Waals surface area contributed by atoms with Gasteiger partial charge < -0.3 is 24.2 Å². The molecule has 14 nitrogen and oxygen atoms in total. The molecule has 2 aromatic carbocycles. The summed E-state index contributed by atoms with van der Waals surface area (Å²) in [6.07, 6.45) is 10.7. The molecule has 2 aliphatic carbocycles. The summed E-state index contributed by atoms with van der Waals surface area (Å²) in [7, 11) is 0. The molecule has 10 rings (SSSR count). The normalized spacial score (nSPS) is 27.1. The first kappa shape index (κ1) is 40.0. The van der Waals surface area contributed by atoms with Crippen molar-refractivity contribution in [2.24, 2.45) is 5.92 Å². The van der Waals surface area contributed by atoms with E-state index < -0.39 is 17.8 Å². The van der Waals surface area contributed by atoms with Gasteiger partial charge in [0.15, 0.2) is 5.82 Å². The summed E-state index contributed by atoms with van der Waals surface area (Å²) in [4.78, 5) is 55.2. The number of aromatic amines is 1. The quantitative estimate of drug-likeness (QED) is 0.182. The number of nitrogens with zero attached hydrogens (tertiary/aromatic N) is 7. The van der Waals surface area contributed by atoms with Crippen molar-refractivity contribution in [2.75, 3.05) is 42.5 Å². The Kier molecular flexibility index (Phi) is 10.4. The van der Waals surface area contributed by atoms with Gasteiger partial charge in [0, 0.05) is 73.8 Å². The molecule has 3 atom stereocenters. The van der Waals surface area contributed by atoms with Crippen molar-refractivity contribution in [3.05, 3.63) is 59.7 Å². The third-order valence-corrected chi connectivity index (χ3v) is 14.2. The van der Waals surface area contributed by atoms with Gasteiger partial charge >= 0.3 is 0 Å². The van der Waals surface area contributed by atoms with Crippen molar-refractivity contribution in [3.63, 3.8) is 0 Å². The molecule has 2 saturated carbocycles. The molecule has 0 spiro atoms. The first-order valence-electron chi connectivity index (χ1n) is 22.4. The molecule has 61 heavy (non-hydrogen) atoms. The van der Waals surface area contributed by atoms with Gasteiger partial charge in [0.2, 0.25) is 11.8 Å². The van der Waals surface area contributed by atoms with Gasteiger partial charge in [-0.25, -0.2) is 14.4 Å². The van der Waals surface area contributed by atoms with Gasteiger partial charge in [-0.3, -0.25) is 29.7 Å². The number of fused-ring (bicyclic) bond motifs is 2. The molecular weight excluding hydrogens is 778 g/mol. The number of anilines is 2. The minimum absolute atomic E-state index is 0.0305. The largest absolute Gasteiger partial charge is 0.488 e. The maximum absolute atomic E-state index is 16.0. The number of ether oxygens (including phenoxy) is 2. The van der Waals surface area contributed by atoms with Crippen molar-refractivity contribution in [1.82, 2.24) is 35.3 Å². The lowest BCUT2D eigenvalue weighted by Crippen LogP contribution is -2.58. The van der Waals surface area contributed by atoms with Crippen LogP contribution in [0.1, 0.15) is 101 Å². The average Bonchev–Trinajstić information content (AvgIpc) is 3.67. The Morgan fingerprint density at radius 3 is 2.38 bits per heavy atom. The number of benzene rings is 2. The number of halogens is 1. The Hall–Kier alpha value is -5.15. The number of piperidine rings is 2. The monoisotopic (exact) mass is 833 g/mol. The Bertz CT molecular complexity index is 2320. The molecule has 1 unspecified atom stereocenters. The number of nitrogens with one attached hydrogen (secondary N) is 2. The van der Waals surface area contributed by atoms with E-state index >= 15 is 4.39 Å². The Labute approximate surface area is 355 Å². The molecule has 4 aliphatic heterocycles. The number of rotatable bonds is 10. The van der Waals surface area contributed by atoms with Crippen LogP contribution >= 0.6 is 0 Å². The summed E-state index contributed by atoms with van der Waals surface area (Å²) in [6, 6.07) is 11.5. The summed E-state index contributed by atoms with van der Waals surface area (Å²) in [5.41, 5.74) is 3.62. The topological polar surface area (TPSA) is 149 Å². The summed E-state index contributed by atoms with van der Waals surface area (Å²) in [5.74, 6) is 0.822. The van der Waals surface area contributed by atoms with Gasteiger partial charge in [0.25, 0.3) is 5.91 Å². The highest BCUT2D eigenvalue weighted by molar-refractivity contribution is 6.05. The highest BCUT2D eigenvalue weighted by atomic mass is 19.1. The molecule has 6 aliphatic rings. The minimum atomic E-state index is -0.765. The van der Waals surface area contributed by atoms with Crippen LogP contribution in [0.15, 0.2) is 42.7 Å². The Morgan fingerprint density at radius 1 is 0.885 bits per heavy atom. The van der Waals surface area contributed by atoms with Crippen molar-refractivity contribution in [1.29, 1.82) is 0 Å². The number of carbonyl (C=O) groups excluding carboxylic acids is 3. The fourth-order valence-electron chi connectivity index (χ4n) is 10.5. The van der Waals surface area contributed by atoms with Crippen LogP contribution < -0.4 is 19.9 Å². The van der Waals surface area contributed by atoms with Gasteiger partial charge in [-0.05, 0) is 115 Å². The number of hydrogen-bond donors (Lipinski definition) is 2. The lowest BCUT2D eigenvalue weighted by atomic mass is 9.86. The van der Waals surface area contributed by atoms with Gasteiger partial charge in [0.05, 0.1) is 35.7 Å². The highest BCUT2D eigenvalue weighted by Crippen LogP contribution is 2.41. The van der Waals surface area contributed by atoms with E-state index in [4.69, 9.17) is 14.5 Å². The number of aromatic nitrogens is 4. The summed E-state index contributed by atoms with van der Waals surface area (Å²) >= 11 is 0. The standard InChI is InChI=1S/C46H56FN9O5/c1-27-22-54(40-21-37(48-26-49-40)43-34-20-32(61-46(3)16-17-46)8-10-36(34)51-52-43)23-28(2)55(27)24-29-4-6-30(7-5-29)60-31-14-18-53(19-15-31)38-11-9-33-35(42(38)47)25-56(45(33)59)39-12-13-41(57)50-44(39)58/h8-11,20-21,26-31,39H,4-7,12-19,22-25H2,1-3H3,(H,51,52)(H,50,57,58)/t27-,28+,29?,30?,39?. The van der Waals surface area contributed by atoms with E-state index in [0.717, 1.165) is 105 Å². The number of piperazine rings is 1. The second-order valence-electron chi connectivity index (χ2n) is 18.7. The predicted octanol–water partition coefficient (Wildman–Crippen LogP) is 5.99. The van der Waals surface area contributed by atoms with E-state index in [2.05, 4.69) is 68.1 Å². The van der Waals surface area contributed by atoms with Gasteiger partial charge in [0.1, 0.15) is 35.2 Å². The summed E-state index contributed by atoms with van der Waals surface area (Å²) in [6.45, 7) is 11.1. The molecule has 15 heteroatoms. The van der Waals surface area contributed by atoms with E-state index in [1.54, 1.807) is 18.5 Å². The van der Waals surface area contributed by atoms with Crippen LogP contribution in [-0.2, 0) is 20.9 Å². The van der Waals surface area contributed by atoms with Crippen molar-refractivity contribution < 1.29 is 28.2 Å². The molecule has 2 N–H and O–H groups in total. The predicted molar refractivity (Wildman–Crippen MR) is 228 cm³/mol. The molecule has 0 bridgehead atoms. The highest BCUT2D eigenvalue weighted by Gasteiger charge is 2.42. The second-order valence-corrected chi connectivity index (χ2v) is 18.7. The van der Waals surface area contributed by atoms with Crippen LogP contribution in [0, 0.1) is 11.7 Å². The first-order valence-corrected chi connectivity index (χ1v) is 22.4. The van der Waals surface area contributed by atoms with Crippen LogP contribution in [0.2, 0.25) is 0 Å². The maximum atomic E-state index is 16.0. The van der Waals surface area contributed by atoms with Gasteiger partial charge in [-0.15, -0.1) is 0 Å². The molecule has 3 saturated heterocycles. The first-order chi connectivity index (χ1) is 29.5. The maximum Gasteiger partial charge on any atom is 0.255 e. The van der Waals surface area contributed by atoms with Crippen molar-refractivity contribution >= 4 is 40.1 Å². The van der Waals surface area contributed by atoms with Crippen LogP contribution in [0.4, 0.5) is 15.9 Å². The van der Waals surface area contributed by atoms with E-state index in [-0.39, 0.29) is 49.0 Å². The van der Waals surface area contributed by atoms with E-state index in [9.17, 15) is 14.4 Å². The zero-order valence-corrected chi connectivity index (χ0v) is 35.4. The van der Waals surface area contributed by atoms with Crippen LogP contribution in [0.3, 0.4) is 0 Å². The fourth-order valence-corrected chi connectivity index (χ4v) is 10.5. The van der Waals surface area contributed by atoms with Crippen LogP contribution in [-0.4, -0.2) is 116 Å². The number of hydrogen-bond acceptors (Lipinski definition) is 11. The minimum Gasteiger partial charge on any atom is -0.488 e. The van der Waals surface area contributed by atoms with E-state index in [1.807, 2.05) is 12.1 Å². The van der Waals surface area contributed by atoms with Crippen LogP contribution in [0.25, 0.3) is 22.3 Å². The molecular formula is C46H56FN9O5. The SMILES string of the molecule is C[C@@H]1CN(c2cc(-c3n[nH]c4ccc(OC5(C)CC5)cc34)ncn2)C[C@H](C)N1CC1CCC(OC2CCN(c3ccc4c(c3F)CN(C3CCC(=O)NC3=O)C4=O)CC2)CC1. The molecule has 2 aromatic heterocycles. The average molecular weight is 834 g/mol. The Morgan fingerprint density at radius 2 is 1.64 bits per heavy atom. The molecule has 3 amide bonds. The third-order valence-electron chi connectivity index (χ3n) is 14.2. The number of carbonyl (C=O) groups is 3. The van der Waals surface area contributed by atoms with E-state index in [0.29, 0.717) is 47.9 Å². The summed E-state index contributed by atoms with van der Waals surface area (Å²) in [5, 5.41) is 11.1. The lowest BCUT2D eigenvalue weighted by Gasteiger charge is -2.47. The third kappa shape index (κ3) is 7.95. The van der Waals surface area contributed by atoms with Gasteiger partial charge in [-0.1, -0.05) is 0 Å². The smallest absolute Gasteiger partial charge is 0.255 e. The molecule has 0 radical (unpaired) electrons. The lowest BCUT2D eigenvalue weighted by molar-refractivity contribution is -0.136. The molecule has 322 valence electrons. The zero-order chi connectivity index (χ0) is 42.0. The Balaban J connectivity index is 0.691. The van der Waals surface area contributed by atoms with E-state index in [1.165, 1.54) is 4.90 Å². The van der Waals surface area contributed by atoms with Crippen molar-refractivity contribution in [2.45, 2.75) is 127 Å². The molecule has 6 heterocycles. The molecule has 5 fully saturated rings. The summed E-state index contributed by atoms with van der Waals surface area (Å²) < 4.78 is 28.9. The second kappa shape index (κ2) is 16.0. The zero-order valence-electron chi connectivity index (χ0n) is 35.4. The fraction of sp³-hybridized carbons (Fsp3) is 0.565. The van der Waals surface area contributed by atoms with Crippen LogP contribution in [0.5, 0.6) is 5.75 Å².